The molecule has 30 heavy (non-hydrogen) atoms. The SMILES string of the molecule is O=C(COc1ccccc1F)N1CCN(C(c2ccccc2)c2ccccc2)CC1. The van der Waals surface area contributed by atoms with Crippen molar-refractivity contribution in [2.45, 2.75) is 6.04 Å². The quantitative estimate of drug-likeness (QED) is 0.619. The van der Waals surface area contributed by atoms with E-state index >= 15 is 0 Å². The second kappa shape index (κ2) is 9.55. The molecule has 0 aliphatic carbocycles. The number of ether oxygens (including phenoxy) is 1. The van der Waals surface area contributed by atoms with E-state index in [1.54, 1.807) is 17.0 Å². The maximum atomic E-state index is 13.7. The third-order valence-electron chi connectivity index (χ3n) is 5.45. The van der Waals surface area contributed by atoms with Crippen LogP contribution in [0.15, 0.2) is 84.9 Å². The third-order valence-corrected chi connectivity index (χ3v) is 5.45. The second-order valence-corrected chi connectivity index (χ2v) is 7.36. The highest BCUT2D eigenvalue weighted by molar-refractivity contribution is 5.77. The summed E-state index contributed by atoms with van der Waals surface area (Å²) in [5, 5.41) is 0. The summed E-state index contributed by atoms with van der Waals surface area (Å²) in [5.74, 6) is -0.463. The van der Waals surface area contributed by atoms with Gasteiger partial charge < -0.3 is 9.64 Å². The molecular weight excluding hydrogens is 379 g/mol. The van der Waals surface area contributed by atoms with Crippen LogP contribution in [-0.4, -0.2) is 48.5 Å². The molecule has 1 aliphatic rings. The first kappa shape index (κ1) is 20.1. The smallest absolute Gasteiger partial charge is 0.260 e. The maximum absolute atomic E-state index is 13.7. The Labute approximate surface area is 176 Å². The van der Waals surface area contributed by atoms with Crippen molar-refractivity contribution in [2.75, 3.05) is 32.8 Å². The molecule has 1 aliphatic heterocycles. The predicted octanol–water partition coefficient (Wildman–Crippen LogP) is 4.14. The third kappa shape index (κ3) is 4.69. The van der Waals surface area contributed by atoms with Crippen LogP contribution in [0.1, 0.15) is 17.2 Å². The van der Waals surface area contributed by atoms with Gasteiger partial charge in [-0.25, -0.2) is 4.39 Å². The minimum Gasteiger partial charge on any atom is -0.481 e. The maximum Gasteiger partial charge on any atom is 0.260 e. The molecule has 0 saturated carbocycles. The largest absolute Gasteiger partial charge is 0.481 e. The van der Waals surface area contributed by atoms with Crippen LogP contribution in [0.4, 0.5) is 4.39 Å². The van der Waals surface area contributed by atoms with Gasteiger partial charge in [-0.2, -0.15) is 0 Å². The number of amides is 1. The average Bonchev–Trinajstić information content (AvgIpc) is 2.80. The molecule has 0 atom stereocenters. The topological polar surface area (TPSA) is 32.8 Å². The highest BCUT2D eigenvalue weighted by atomic mass is 19.1. The van der Waals surface area contributed by atoms with Crippen molar-refractivity contribution in [2.24, 2.45) is 0 Å². The van der Waals surface area contributed by atoms with Crippen LogP contribution in [0.2, 0.25) is 0 Å². The average molecular weight is 404 g/mol. The van der Waals surface area contributed by atoms with Crippen LogP contribution in [0.5, 0.6) is 5.75 Å². The van der Waals surface area contributed by atoms with Gasteiger partial charge >= 0.3 is 0 Å². The summed E-state index contributed by atoms with van der Waals surface area (Å²) in [7, 11) is 0. The van der Waals surface area contributed by atoms with Crippen molar-refractivity contribution in [3.63, 3.8) is 0 Å². The Morgan fingerprint density at radius 1 is 0.800 bits per heavy atom. The fourth-order valence-corrected chi connectivity index (χ4v) is 3.91. The van der Waals surface area contributed by atoms with Gasteiger partial charge in [0.15, 0.2) is 18.2 Å². The Bertz CT molecular complexity index is 918. The van der Waals surface area contributed by atoms with Crippen LogP contribution in [0, 0.1) is 5.82 Å². The lowest BCUT2D eigenvalue weighted by Crippen LogP contribution is -2.51. The first-order valence-electron chi connectivity index (χ1n) is 10.2. The number of para-hydroxylation sites is 1. The summed E-state index contributed by atoms with van der Waals surface area (Å²) >= 11 is 0. The van der Waals surface area contributed by atoms with Crippen molar-refractivity contribution in [3.8, 4) is 5.75 Å². The fraction of sp³-hybridized carbons (Fsp3) is 0.240. The molecule has 0 radical (unpaired) electrons. The first-order chi connectivity index (χ1) is 14.7. The lowest BCUT2D eigenvalue weighted by atomic mass is 9.96. The Morgan fingerprint density at radius 3 is 1.90 bits per heavy atom. The molecule has 0 unspecified atom stereocenters. The van der Waals surface area contributed by atoms with Gasteiger partial charge in [0.05, 0.1) is 6.04 Å². The molecule has 1 saturated heterocycles. The van der Waals surface area contributed by atoms with Crippen molar-refractivity contribution in [3.05, 3.63) is 102 Å². The molecule has 1 heterocycles. The normalized spacial score (nSPS) is 14.7. The Hall–Kier alpha value is -3.18. The predicted molar refractivity (Wildman–Crippen MR) is 115 cm³/mol. The van der Waals surface area contributed by atoms with Crippen LogP contribution in [0.25, 0.3) is 0 Å². The monoisotopic (exact) mass is 404 g/mol. The number of halogens is 1. The number of hydrogen-bond acceptors (Lipinski definition) is 3. The molecular formula is C25H25FN2O2. The van der Waals surface area contributed by atoms with Gasteiger partial charge in [-0.15, -0.1) is 0 Å². The molecule has 154 valence electrons. The van der Waals surface area contributed by atoms with E-state index in [1.807, 2.05) is 12.1 Å². The number of carbonyl (C=O) groups excluding carboxylic acids is 1. The summed E-state index contributed by atoms with van der Waals surface area (Å²) in [4.78, 5) is 16.8. The van der Waals surface area contributed by atoms with Crippen LogP contribution < -0.4 is 4.74 Å². The molecule has 5 heteroatoms. The Balaban J connectivity index is 1.40. The van der Waals surface area contributed by atoms with Crippen molar-refractivity contribution < 1.29 is 13.9 Å². The summed E-state index contributed by atoms with van der Waals surface area (Å²) in [5.41, 5.74) is 2.48. The Kier molecular flexibility index (Phi) is 6.40. The lowest BCUT2D eigenvalue weighted by molar-refractivity contribution is -0.135. The van der Waals surface area contributed by atoms with E-state index in [1.165, 1.54) is 23.3 Å². The Morgan fingerprint density at radius 2 is 1.33 bits per heavy atom. The minimum atomic E-state index is -0.455. The van der Waals surface area contributed by atoms with Crippen LogP contribution in [0.3, 0.4) is 0 Å². The first-order valence-corrected chi connectivity index (χ1v) is 10.2. The zero-order valence-electron chi connectivity index (χ0n) is 16.8. The number of benzene rings is 3. The van der Waals surface area contributed by atoms with E-state index in [0.29, 0.717) is 13.1 Å². The minimum absolute atomic E-state index is 0.109. The zero-order valence-corrected chi connectivity index (χ0v) is 16.8. The van der Waals surface area contributed by atoms with E-state index in [9.17, 15) is 9.18 Å². The van der Waals surface area contributed by atoms with E-state index in [0.717, 1.165) is 13.1 Å². The highest BCUT2D eigenvalue weighted by Crippen LogP contribution is 2.29. The molecule has 4 nitrogen and oxygen atoms in total. The molecule has 1 amide bonds. The molecule has 0 bridgehead atoms. The van der Waals surface area contributed by atoms with Crippen molar-refractivity contribution in [1.29, 1.82) is 0 Å². The standard InChI is InChI=1S/C25H25FN2O2/c26-22-13-7-8-14-23(22)30-19-24(29)27-15-17-28(18-16-27)25(20-9-3-1-4-10-20)21-11-5-2-6-12-21/h1-14,25H,15-19H2. The van der Waals surface area contributed by atoms with Crippen LogP contribution in [-0.2, 0) is 4.79 Å². The van der Waals surface area contributed by atoms with Gasteiger partial charge in [0.1, 0.15) is 0 Å². The highest BCUT2D eigenvalue weighted by Gasteiger charge is 2.28. The summed E-state index contributed by atoms with van der Waals surface area (Å²) in [6.07, 6.45) is 0. The van der Waals surface area contributed by atoms with Gasteiger partial charge in [-0.1, -0.05) is 72.8 Å². The van der Waals surface area contributed by atoms with E-state index in [-0.39, 0.29) is 24.3 Å². The number of hydrogen-bond donors (Lipinski definition) is 0. The second-order valence-electron chi connectivity index (χ2n) is 7.36. The number of piperazine rings is 1. The summed E-state index contributed by atoms with van der Waals surface area (Å²) in [6.45, 7) is 2.62. The molecule has 4 rings (SSSR count). The fourth-order valence-electron chi connectivity index (χ4n) is 3.91. The van der Waals surface area contributed by atoms with Gasteiger partial charge in [-0.3, -0.25) is 9.69 Å². The van der Waals surface area contributed by atoms with Gasteiger partial charge in [0, 0.05) is 26.2 Å². The summed E-state index contributed by atoms with van der Waals surface area (Å²) in [6, 6.07) is 27.2. The number of rotatable bonds is 6. The summed E-state index contributed by atoms with van der Waals surface area (Å²) < 4.78 is 19.1. The molecule has 0 N–H and O–H groups in total. The van der Waals surface area contributed by atoms with E-state index in [2.05, 4.69) is 53.4 Å². The molecule has 1 fully saturated rings. The number of carbonyl (C=O) groups is 1. The van der Waals surface area contributed by atoms with Crippen molar-refractivity contribution >= 4 is 5.91 Å². The van der Waals surface area contributed by atoms with E-state index in [4.69, 9.17) is 4.74 Å². The van der Waals surface area contributed by atoms with E-state index < -0.39 is 5.82 Å². The molecule has 3 aromatic rings. The van der Waals surface area contributed by atoms with Gasteiger partial charge in [0.25, 0.3) is 5.91 Å². The molecule has 0 aromatic heterocycles. The van der Waals surface area contributed by atoms with Crippen LogP contribution >= 0.6 is 0 Å². The zero-order chi connectivity index (χ0) is 20.8. The lowest BCUT2D eigenvalue weighted by Gasteiger charge is -2.39. The van der Waals surface area contributed by atoms with Crippen molar-refractivity contribution in [1.82, 2.24) is 9.80 Å². The van der Waals surface area contributed by atoms with Gasteiger partial charge in [0.2, 0.25) is 0 Å². The van der Waals surface area contributed by atoms with Gasteiger partial charge in [-0.05, 0) is 23.3 Å². The molecule has 0 spiro atoms. The molecule has 3 aromatic carbocycles. The number of nitrogens with zero attached hydrogens (tertiary/aromatic N) is 2.